The number of rotatable bonds is 9. The van der Waals surface area contributed by atoms with Gasteiger partial charge in [-0.15, -0.1) is 0 Å². The molecule has 2 fully saturated rings. The van der Waals surface area contributed by atoms with Gasteiger partial charge in [0.15, 0.2) is 0 Å². The van der Waals surface area contributed by atoms with E-state index < -0.39 is 20.2 Å². The number of hydrogen-bond acceptors (Lipinski definition) is 8. The van der Waals surface area contributed by atoms with Crippen molar-refractivity contribution in [3.05, 3.63) is 90.0 Å². The number of benzene rings is 5. The summed E-state index contributed by atoms with van der Waals surface area (Å²) < 4.78 is 91.4. The summed E-state index contributed by atoms with van der Waals surface area (Å²) in [7, 11) is -9.28. The van der Waals surface area contributed by atoms with Crippen LogP contribution >= 0.6 is 0 Å². The summed E-state index contributed by atoms with van der Waals surface area (Å²) in [6, 6.07) is 23.4. The third-order valence-electron chi connectivity index (χ3n) is 11.4. The molecule has 11 heteroatoms. The molecule has 2 aliphatic carbocycles. The topological polar surface area (TPSA) is 137 Å². The second kappa shape index (κ2) is 12.1. The molecule has 0 amide bonds. The SMILES string of the molecule is O=S(=O)(O)c1c(C2CCCCC2)cc(OS(=O)(=O)c2c(-c3cc4ccc3o4)cc(-c3cc4ccc3o4)cc2-c2cc3ccc2o3)cc1C1CCCCC1. The van der Waals surface area contributed by atoms with Gasteiger partial charge in [-0.1, -0.05) is 38.5 Å². The van der Waals surface area contributed by atoms with Crippen molar-refractivity contribution in [2.24, 2.45) is 0 Å². The maximum Gasteiger partial charge on any atom is 0.340 e. The molecule has 10 rings (SSSR count). The van der Waals surface area contributed by atoms with E-state index in [4.69, 9.17) is 17.4 Å². The fourth-order valence-electron chi connectivity index (χ4n) is 9.06. The Balaban J connectivity index is 1.20. The molecule has 0 saturated heterocycles. The van der Waals surface area contributed by atoms with Crippen LogP contribution in [0.2, 0.25) is 0 Å². The van der Waals surface area contributed by atoms with E-state index >= 15 is 8.42 Å². The summed E-state index contributed by atoms with van der Waals surface area (Å²) in [5.74, 6) is -0.287. The Morgan fingerprint density at radius 1 is 0.509 bits per heavy atom. The van der Waals surface area contributed by atoms with E-state index in [2.05, 4.69) is 0 Å². The van der Waals surface area contributed by atoms with Gasteiger partial charge in [0.1, 0.15) is 49.0 Å². The van der Waals surface area contributed by atoms with Crippen LogP contribution in [0.25, 0.3) is 66.9 Å². The Morgan fingerprint density at radius 3 is 1.32 bits per heavy atom. The quantitative estimate of drug-likeness (QED) is 0.113. The second-order valence-electron chi connectivity index (χ2n) is 14.8. The molecule has 0 unspecified atom stereocenters. The average Bonchev–Trinajstić information content (AvgIpc) is 4.03. The van der Waals surface area contributed by atoms with Gasteiger partial charge in [-0.2, -0.15) is 16.8 Å². The van der Waals surface area contributed by atoms with Crippen LogP contribution in [0.15, 0.2) is 102 Å². The van der Waals surface area contributed by atoms with Crippen molar-refractivity contribution in [1.29, 1.82) is 0 Å². The van der Waals surface area contributed by atoms with Crippen LogP contribution < -0.4 is 4.18 Å². The van der Waals surface area contributed by atoms with Gasteiger partial charge in [0.05, 0.1) is 0 Å². The van der Waals surface area contributed by atoms with Crippen LogP contribution in [-0.4, -0.2) is 21.4 Å². The van der Waals surface area contributed by atoms with E-state index in [-0.39, 0.29) is 27.4 Å². The Bertz CT molecular complexity index is 2700. The molecule has 8 aromatic rings. The van der Waals surface area contributed by atoms with Crippen molar-refractivity contribution in [3.8, 4) is 39.1 Å². The van der Waals surface area contributed by atoms with Gasteiger partial charge in [0.2, 0.25) is 0 Å². The zero-order chi connectivity index (χ0) is 36.1. The number of hydrogen-bond donors (Lipinski definition) is 1. The molecule has 0 aliphatic heterocycles. The van der Waals surface area contributed by atoms with Gasteiger partial charge in [0, 0.05) is 27.8 Å². The molecular weight excluding hydrogens is 713 g/mol. The summed E-state index contributed by atoms with van der Waals surface area (Å²) in [6.45, 7) is 0. The van der Waals surface area contributed by atoms with Gasteiger partial charge in [-0.3, -0.25) is 4.55 Å². The molecule has 2 saturated carbocycles. The highest BCUT2D eigenvalue weighted by Gasteiger charge is 2.35. The average molecular weight is 749 g/mol. The van der Waals surface area contributed by atoms with Crippen LogP contribution in [0.3, 0.4) is 0 Å². The smallest absolute Gasteiger partial charge is 0.340 e. The van der Waals surface area contributed by atoms with Crippen LogP contribution in [0.4, 0.5) is 0 Å². The highest BCUT2D eigenvalue weighted by Crippen LogP contribution is 2.49. The first-order valence-electron chi connectivity index (χ1n) is 18.3. The second-order valence-corrected chi connectivity index (χ2v) is 17.6. The molecule has 9 nitrogen and oxygen atoms in total. The number of furan rings is 6. The van der Waals surface area contributed by atoms with Crippen molar-refractivity contribution in [1.82, 2.24) is 0 Å². The summed E-state index contributed by atoms with van der Waals surface area (Å²) >= 11 is 0. The molecule has 6 heterocycles. The van der Waals surface area contributed by atoms with Crippen molar-refractivity contribution < 1.29 is 38.8 Å². The first-order valence-corrected chi connectivity index (χ1v) is 21.2. The molecule has 2 aliphatic rings. The van der Waals surface area contributed by atoms with Crippen molar-refractivity contribution >= 4 is 53.7 Å². The standard InChI is InChI=1S/C42H36O9S2/c43-52(44,45)41-32(24-7-3-1-4-8-24)22-30(23-33(41)25-9-5-2-6-10-25)51-53(46,47)42-36(34-20-28-12-15-39(34)49-28)17-26(31-19-27-11-14-38(31)48-27)18-37(42)35-21-29-13-16-40(35)50-29/h11-25H,1-10H2,(H,43,44,45). The lowest BCUT2D eigenvalue weighted by Crippen LogP contribution is -2.18. The molecule has 2 aromatic carbocycles. The van der Waals surface area contributed by atoms with Gasteiger partial charge in [-0.05, 0) is 133 Å². The lowest BCUT2D eigenvalue weighted by atomic mass is 9.79. The van der Waals surface area contributed by atoms with Gasteiger partial charge >= 0.3 is 10.1 Å². The Hall–Kier alpha value is -4.84. The van der Waals surface area contributed by atoms with Crippen LogP contribution in [0.5, 0.6) is 5.75 Å². The zero-order valence-corrected chi connectivity index (χ0v) is 30.4. The van der Waals surface area contributed by atoms with Crippen LogP contribution in [-0.2, 0) is 20.2 Å². The van der Waals surface area contributed by atoms with E-state index in [1.54, 1.807) is 0 Å². The fourth-order valence-corrected chi connectivity index (χ4v) is 11.4. The maximum absolute atomic E-state index is 15.1. The van der Waals surface area contributed by atoms with Crippen LogP contribution in [0, 0.1) is 0 Å². The molecular formula is C42H36O9S2. The minimum atomic E-state index is -4.65. The van der Waals surface area contributed by atoms with E-state index in [0.29, 0.717) is 66.9 Å². The van der Waals surface area contributed by atoms with E-state index in [1.165, 1.54) is 12.1 Å². The van der Waals surface area contributed by atoms with Crippen LogP contribution in [0.1, 0.15) is 87.2 Å². The highest BCUT2D eigenvalue weighted by atomic mass is 32.2. The Labute approximate surface area is 306 Å². The van der Waals surface area contributed by atoms with Gasteiger partial charge < -0.3 is 17.4 Å². The zero-order valence-electron chi connectivity index (χ0n) is 28.8. The molecule has 1 N–H and O–H groups in total. The number of fused-ring (bicyclic) bond motifs is 6. The monoisotopic (exact) mass is 748 g/mol. The Morgan fingerprint density at radius 2 is 0.943 bits per heavy atom. The third-order valence-corrected chi connectivity index (χ3v) is 13.8. The van der Waals surface area contributed by atoms with E-state index in [9.17, 15) is 13.0 Å². The molecule has 270 valence electrons. The molecule has 0 spiro atoms. The lowest BCUT2D eigenvalue weighted by molar-refractivity contribution is 0.416. The fraction of sp³-hybridized carbons (Fsp3) is 0.286. The van der Waals surface area contributed by atoms with Gasteiger partial charge in [-0.25, -0.2) is 0 Å². The minimum Gasteiger partial charge on any atom is -0.457 e. The highest BCUT2D eigenvalue weighted by molar-refractivity contribution is 7.87. The molecule has 0 atom stereocenters. The summed E-state index contributed by atoms with van der Waals surface area (Å²) in [6.07, 6.45) is 8.70. The predicted molar refractivity (Wildman–Crippen MR) is 201 cm³/mol. The van der Waals surface area contributed by atoms with E-state index in [0.717, 1.165) is 75.3 Å². The van der Waals surface area contributed by atoms with Crippen molar-refractivity contribution in [3.63, 3.8) is 0 Å². The molecule has 6 bridgehead atoms. The summed E-state index contributed by atoms with van der Waals surface area (Å²) in [5, 5.41) is 0. The molecule has 0 radical (unpaired) electrons. The van der Waals surface area contributed by atoms with Crippen molar-refractivity contribution in [2.45, 2.75) is 85.8 Å². The largest absolute Gasteiger partial charge is 0.457 e. The lowest BCUT2D eigenvalue weighted by Gasteiger charge is -2.29. The molecule has 6 aromatic heterocycles. The summed E-state index contributed by atoms with van der Waals surface area (Å²) in [4.78, 5) is -0.143. The van der Waals surface area contributed by atoms with Gasteiger partial charge in [0.25, 0.3) is 10.1 Å². The normalized spacial score (nSPS) is 16.9. The van der Waals surface area contributed by atoms with E-state index in [1.807, 2.05) is 66.7 Å². The molecule has 53 heavy (non-hydrogen) atoms. The first kappa shape index (κ1) is 32.8. The maximum atomic E-state index is 15.1. The third kappa shape index (κ3) is 5.59. The Kier molecular flexibility index (Phi) is 7.48. The first-order chi connectivity index (χ1) is 25.6. The van der Waals surface area contributed by atoms with Crippen molar-refractivity contribution in [2.75, 3.05) is 0 Å². The summed E-state index contributed by atoms with van der Waals surface area (Å²) in [5.41, 5.74) is 8.04. The minimum absolute atomic E-state index is 0.0287. The predicted octanol–water partition coefficient (Wildman–Crippen LogP) is 11.3.